The molecule has 0 aromatic heterocycles. The summed E-state index contributed by atoms with van der Waals surface area (Å²) in [5.74, 6) is -1.56. The number of anilines is 1. The summed E-state index contributed by atoms with van der Waals surface area (Å²) in [4.78, 5) is 24.7. The third kappa shape index (κ3) is 2.08. The summed E-state index contributed by atoms with van der Waals surface area (Å²) in [6.45, 7) is 5.59. The molecule has 0 unspecified atom stereocenters. The number of ketones is 1. The molecule has 1 saturated heterocycles. The number of rotatable bonds is 1. The third-order valence-electron chi connectivity index (χ3n) is 4.31. The molecule has 2 atom stereocenters. The van der Waals surface area contributed by atoms with E-state index in [9.17, 15) is 14.7 Å². The van der Waals surface area contributed by atoms with Gasteiger partial charge < -0.3 is 15.2 Å². The topological polar surface area (TPSA) is 75.6 Å². The Kier molecular flexibility index (Phi) is 2.97. The van der Waals surface area contributed by atoms with Gasteiger partial charge in [-0.25, -0.2) is 0 Å². The van der Waals surface area contributed by atoms with Crippen LogP contribution >= 0.6 is 0 Å². The number of hydrogen-bond acceptors (Lipinski definition) is 4. The van der Waals surface area contributed by atoms with E-state index in [4.69, 9.17) is 4.74 Å². The third-order valence-corrected chi connectivity index (χ3v) is 4.31. The van der Waals surface area contributed by atoms with Crippen LogP contribution in [0.25, 0.3) is 0 Å². The van der Waals surface area contributed by atoms with Crippen LogP contribution in [0.15, 0.2) is 18.2 Å². The number of fused-ring (bicyclic) bond motifs is 1. The lowest BCUT2D eigenvalue weighted by molar-refractivity contribution is -0.171. The molecule has 0 spiro atoms. The molecule has 2 N–H and O–H groups in total. The predicted octanol–water partition coefficient (Wildman–Crippen LogP) is 1.52. The fourth-order valence-corrected chi connectivity index (χ4v) is 3.12. The summed E-state index contributed by atoms with van der Waals surface area (Å²) in [7, 11) is 0. The fraction of sp³-hybridized carbons (Fsp3) is 0.500. The van der Waals surface area contributed by atoms with E-state index >= 15 is 0 Å². The molecule has 21 heavy (non-hydrogen) atoms. The van der Waals surface area contributed by atoms with Gasteiger partial charge in [-0.2, -0.15) is 0 Å². The van der Waals surface area contributed by atoms with Gasteiger partial charge in [-0.15, -0.1) is 0 Å². The van der Waals surface area contributed by atoms with E-state index in [-0.39, 0.29) is 18.8 Å². The minimum atomic E-state index is -1.84. The molecule has 1 aromatic rings. The smallest absolute Gasteiger partial charge is 0.261 e. The molecule has 0 saturated carbocycles. The van der Waals surface area contributed by atoms with E-state index in [2.05, 4.69) is 5.32 Å². The minimum Gasteiger partial charge on any atom is -0.375 e. The lowest BCUT2D eigenvalue weighted by Gasteiger charge is -2.39. The summed E-state index contributed by atoms with van der Waals surface area (Å²) >= 11 is 0. The molecular weight excluding hydrogens is 270 g/mol. The van der Waals surface area contributed by atoms with E-state index in [1.807, 2.05) is 26.8 Å². The van der Waals surface area contributed by atoms with Crippen molar-refractivity contribution in [2.45, 2.75) is 38.4 Å². The Labute approximate surface area is 123 Å². The Bertz CT molecular complexity index is 637. The van der Waals surface area contributed by atoms with Gasteiger partial charge in [-0.3, -0.25) is 9.59 Å². The van der Waals surface area contributed by atoms with Gasteiger partial charge in [0.25, 0.3) is 5.91 Å². The maximum absolute atomic E-state index is 12.4. The second-order valence-electron chi connectivity index (χ2n) is 6.54. The molecular formula is C16H19NO4. The molecule has 0 aliphatic carbocycles. The largest absolute Gasteiger partial charge is 0.375 e. The average Bonchev–Trinajstić information content (AvgIpc) is 2.62. The fourth-order valence-electron chi connectivity index (χ4n) is 3.12. The van der Waals surface area contributed by atoms with Crippen LogP contribution in [0.1, 0.15) is 31.4 Å². The SMILES string of the molecule is Cc1ccc2c(c1)[C@](O)([C@H]1COC(C)(C)CC1=O)C(=O)N2. The molecule has 1 amide bonds. The highest BCUT2D eigenvalue weighted by molar-refractivity contribution is 6.08. The molecule has 3 rings (SSSR count). The number of aliphatic hydroxyl groups is 1. The normalized spacial score (nSPS) is 31.0. The van der Waals surface area contributed by atoms with Crippen LogP contribution < -0.4 is 5.32 Å². The van der Waals surface area contributed by atoms with Crippen molar-refractivity contribution in [3.05, 3.63) is 29.3 Å². The summed E-state index contributed by atoms with van der Waals surface area (Å²) in [5, 5.41) is 13.6. The first kappa shape index (κ1) is 14.2. The zero-order valence-electron chi connectivity index (χ0n) is 12.4. The van der Waals surface area contributed by atoms with Crippen LogP contribution in [-0.4, -0.2) is 29.0 Å². The molecule has 112 valence electrons. The average molecular weight is 289 g/mol. The van der Waals surface area contributed by atoms with Crippen molar-refractivity contribution in [2.24, 2.45) is 5.92 Å². The zero-order chi connectivity index (χ0) is 15.4. The van der Waals surface area contributed by atoms with E-state index in [0.717, 1.165) is 5.56 Å². The number of ether oxygens (including phenoxy) is 1. The van der Waals surface area contributed by atoms with Crippen molar-refractivity contribution in [3.63, 3.8) is 0 Å². The molecule has 1 fully saturated rings. The number of nitrogens with one attached hydrogen (secondary N) is 1. The number of hydrogen-bond donors (Lipinski definition) is 2. The van der Waals surface area contributed by atoms with Crippen molar-refractivity contribution in [3.8, 4) is 0 Å². The predicted molar refractivity (Wildman–Crippen MR) is 76.9 cm³/mol. The summed E-state index contributed by atoms with van der Waals surface area (Å²) < 4.78 is 5.66. The Hall–Kier alpha value is -1.72. The number of aryl methyl sites for hydroxylation is 1. The molecule has 0 radical (unpaired) electrons. The van der Waals surface area contributed by atoms with Crippen LogP contribution in [0.5, 0.6) is 0 Å². The maximum atomic E-state index is 12.4. The molecule has 2 heterocycles. The molecule has 0 bridgehead atoms. The lowest BCUT2D eigenvalue weighted by Crippen LogP contribution is -2.53. The number of carbonyl (C=O) groups is 2. The number of Topliss-reactive ketones (excluding diaryl/α,β-unsaturated/α-hetero) is 1. The maximum Gasteiger partial charge on any atom is 0.261 e. The van der Waals surface area contributed by atoms with Gasteiger partial charge in [0.15, 0.2) is 5.60 Å². The van der Waals surface area contributed by atoms with Crippen LogP contribution in [-0.2, 0) is 19.9 Å². The van der Waals surface area contributed by atoms with Gasteiger partial charge in [-0.1, -0.05) is 17.7 Å². The summed E-state index contributed by atoms with van der Waals surface area (Å²) in [6, 6.07) is 5.35. The van der Waals surface area contributed by atoms with E-state index in [0.29, 0.717) is 11.3 Å². The van der Waals surface area contributed by atoms with Crippen molar-refractivity contribution in [1.29, 1.82) is 0 Å². The number of carbonyl (C=O) groups excluding carboxylic acids is 2. The van der Waals surface area contributed by atoms with Gasteiger partial charge in [0.1, 0.15) is 5.78 Å². The number of benzene rings is 1. The van der Waals surface area contributed by atoms with Crippen LogP contribution in [0.4, 0.5) is 5.69 Å². The van der Waals surface area contributed by atoms with Crippen LogP contribution in [0, 0.1) is 12.8 Å². The first-order chi connectivity index (χ1) is 9.74. The highest BCUT2D eigenvalue weighted by atomic mass is 16.5. The van der Waals surface area contributed by atoms with Crippen LogP contribution in [0.2, 0.25) is 0 Å². The van der Waals surface area contributed by atoms with Crippen molar-refractivity contribution in [2.75, 3.05) is 11.9 Å². The second-order valence-corrected chi connectivity index (χ2v) is 6.54. The molecule has 5 heteroatoms. The minimum absolute atomic E-state index is 0.0448. The van der Waals surface area contributed by atoms with E-state index < -0.39 is 23.0 Å². The summed E-state index contributed by atoms with van der Waals surface area (Å²) in [6.07, 6.45) is 0.189. The number of amides is 1. The highest BCUT2D eigenvalue weighted by Crippen LogP contribution is 2.44. The Morgan fingerprint density at radius 1 is 1.33 bits per heavy atom. The Morgan fingerprint density at radius 3 is 2.71 bits per heavy atom. The Morgan fingerprint density at radius 2 is 2.05 bits per heavy atom. The van der Waals surface area contributed by atoms with Gasteiger partial charge >= 0.3 is 0 Å². The molecule has 5 nitrogen and oxygen atoms in total. The van der Waals surface area contributed by atoms with Gasteiger partial charge in [-0.05, 0) is 26.8 Å². The Balaban J connectivity index is 2.04. The zero-order valence-corrected chi connectivity index (χ0v) is 12.4. The lowest BCUT2D eigenvalue weighted by atomic mass is 9.75. The van der Waals surface area contributed by atoms with Crippen LogP contribution in [0.3, 0.4) is 0 Å². The summed E-state index contributed by atoms with van der Waals surface area (Å²) in [5.41, 5.74) is -0.434. The molecule has 1 aromatic carbocycles. The van der Waals surface area contributed by atoms with Gasteiger partial charge in [0, 0.05) is 17.7 Å². The quantitative estimate of drug-likeness (QED) is 0.822. The van der Waals surface area contributed by atoms with E-state index in [1.165, 1.54) is 0 Å². The standard InChI is InChI=1S/C16H19NO4/c1-9-4-5-12-10(6-9)16(20,14(19)17-12)11-8-21-15(2,3)7-13(11)18/h4-6,11,20H,7-8H2,1-3H3,(H,17,19)/t11-,16-/m0/s1. The van der Waals surface area contributed by atoms with Gasteiger partial charge in [0.2, 0.25) is 0 Å². The first-order valence-electron chi connectivity index (χ1n) is 7.06. The van der Waals surface area contributed by atoms with Crippen molar-refractivity contribution >= 4 is 17.4 Å². The molecule has 2 aliphatic heterocycles. The molecule has 2 aliphatic rings. The van der Waals surface area contributed by atoms with E-state index in [1.54, 1.807) is 12.1 Å². The van der Waals surface area contributed by atoms with Crippen molar-refractivity contribution < 1.29 is 19.4 Å². The highest BCUT2D eigenvalue weighted by Gasteiger charge is 2.56. The second kappa shape index (κ2) is 4.39. The monoisotopic (exact) mass is 289 g/mol. The van der Waals surface area contributed by atoms with Gasteiger partial charge in [0.05, 0.1) is 18.1 Å². The van der Waals surface area contributed by atoms with Crippen molar-refractivity contribution in [1.82, 2.24) is 0 Å². The first-order valence-corrected chi connectivity index (χ1v) is 7.06.